The van der Waals surface area contributed by atoms with Gasteiger partial charge in [-0.1, -0.05) is 51.5 Å². The van der Waals surface area contributed by atoms with Gasteiger partial charge in [-0.05, 0) is 35.9 Å². The molecule has 1 aliphatic rings. The van der Waals surface area contributed by atoms with E-state index >= 15 is 0 Å². The second kappa shape index (κ2) is 11.6. The number of imidazole rings is 1. The maximum atomic E-state index is 6.27. The van der Waals surface area contributed by atoms with Crippen LogP contribution in [0.3, 0.4) is 0 Å². The Kier molecular flexibility index (Phi) is 8.35. The summed E-state index contributed by atoms with van der Waals surface area (Å²) in [6, 6.07) is 30.5. The molecule has 0 amide bonds. The first-order chi connectivity index (χ1) is 17.2. The van der Waals surface area contributed by atoms with Crippen molar-refractivity contribution in [2.75, 3.05) is 0 Å². The van der Waals surface area contributed by atoms with Crippen molar-refractivity contribution in [3.63, 3.8) is 0 Å². The third-order valence-electron chi connectivity index (χ3n) is 6.12. The minimum absolute atomic E-state index is 0. The number of benzene rings is 3. The molecule has 0 N–H and O–H groups in total. The first-order valence-electron chi connectivity index (χ1n) is 12.2. The molecule has 0 bridgehead atoms. The summed E-state index contributed by atoms with van der Waals surface area (Å²) in [5, 5.41) is 0. The second-order valence-electron chi connectivity index (χ2n) is 8.92. The smallest absolute Gasteiger partial charge is 0.527 e. The molecule has 0 fully saturated rings. The van der Waals surface area contributed by atoms with E-state index in [1.807, 2.05) is 54.6 Å². The average molecular weight is 652 g/mol. The number of hydrogen-bond acceptors (Lipinski definition) is 2. The fourth-order valence-electron chi connectivity index (χ4n) is 4.31. The van der Waals surface area contributed by atoms with Crippen LogP contribution in [0.2, 0.25) is 0 Å². The Hall–Kier alpha value is -3.27. The van der Waals surface area contributed by atoms with Crippen LogP contribution in [0.5, 0.6) is 11.5 Å². The van der Waals surface area contributed by atoms with E-state index < -0.39 is 0 Å². The van der Waals surface area contributed by atoms with Gasteiger partial charge in [0.2, 0.25) is 6.33 Å². The predicted molar refractivity (Wildman–Crippen MR) is 139 cm³/mol. The van der Waals surface area contributed by atoms with E-state index in [4.69, 9.17) is 4.74 Å². The number of para-hydroxylation sites is 1. The SMILES string of the molecule is CCCCn1[c-][n+]2c3c(cccc31)Oc1c-2[c-]ccc1C(C)C.[Ir+3].[c-]1ccccc1-c1ccccn1. The van der Waals surface area contributed by atoms with E-state index in [1.165, 1.54) is 17.5 Å². The Morgan fingerprint density at radius 2 is 1.83 bits per heavy atom. The largest absolute Gasteiger partial charge is 3.00 e. The van der Waals surface area contributed by atoms with Crippen LogP contribution >= 0.6 is 0 Å². The summed E-state index contributed by atoms with van der Waals surface area (Å²) < 4.78 is 10.6. The van der Waals surface area contributed by atoms with Crippen LogP contribution in [0.25, 0.3) is 28.0 Å². The van der Waals surface area contributed by atoms with Crippen molar-refractivity contribution in [1.29, 1.82) is 0 Å². The quantitative estimate of drug-likeness (QED) is 0.147. The van der Waals surface area contributed by atoms with Crippen molar-refractivity contribution in [2.24, 2.45) is 0 Å². The molecule has 6 rings (SSSR count). The minimum atomic E-state index is 0. The summed E-state index contributed by atoms with van der Waals surface area (Å²) in [5.74, 6) is 2.22. The van der Waals surface area contributed by atoms with Crippen LogP contribution in [0.15, 0.2) is 79.0 Å². The molecule has 4 nitrogen and oxygen atoms in total. The number of aromatic nitrogens is 3. The van der Waals surface area contributed by atoms with E-state index in [0.717, 1.165) is 46.9 Å². The summed E-state index contributed by atoms with van der Waals surface area (Å²) in [4.78, 5) is 4.22. The van der Waals surface area contributed by atoms with Crippen molar-refractivity contribution in [3.8, 4) is 28.4 Å². The molecule has 1 aliphatic heterocycles. The minimum Gasteiger partial charge on any atom is -0.527 e. The van der Waals surface area contributed by atoms with E-state index in [0.29, 0.717) is 5.92 Å². The van der Waals surface area contributed by atoms with Gasteiger partial charge in [-0.2, -0.15) is 18.2 Å². The topological polar surface area (TPSA) is 30.9 Å². The van der Waals surface area contributed by atoms with Crippen molar-refractivity contribution >= 4 is 11.0 Å². The Bertz CT molecular complexity index is 1390. The van der Waals surface area contributed by atoms with Crippen LogP contribution < -0.4 is 9.30 Å². The van der Waals surface area contributed by atoms with E-state index in [-0.39, 0.29) is 20.1 Å². The third kappa shape index (κ3) is 5.13. The third-order valence-corrected chi connectivity index (χ3v) is 6.12. The standard InChI is InChI=1S/C20H21N2O.C11H8N.Ir/c1-4-5-12-21-13-22-17-10-6-8-15(14(2)3)20(17)23-18-11-7-9-16(21)19(18)22;1-2-6-10(7-3-1)11-8-4-5-9-12-11;/h6-9,11,14H,4-5,12H2,1-3H3;1-6,8-9H;/q2*-1;+3. The van der Waals surface area contributed by atoms with Gasteiger partial charge >= 0.3 is 20.1 Å². The molecular formula is C31H29IrN3O+. The number of hydrogen-bond donors (Lipinski definition) is 0. The van der Waals surface area contributed by atoms with Crippen LogP contribution in [-0.2, 0) is 26.7 Å². The van der Waals surface area contributed by atoms with Crippen molar-refractivity contribution < 1.29 is 29.4 Å². The Labute approximate surface area is 226 Å². The normalized spacial score (nSPS) is 11.2. The first kappa shape index (κ1) is 25.8. The van der Waals surface area contributed by atoms with Crippen molar-refractivity contribution in [1.82, 2.24) is 9.55 Å². The number of pyridine rings is 1. The molecule has 0 unspecified atom stereocenters. The molecule has 0 saturated heterocycles. The van der Waals surface area contributed by atoms with Gasteiger partial charge in [0.15, 0.2) is 0 Å². The number of fused-ring (bicyclic) bond motifs is 2. The Morgan fingerprint density at radius 3 is 2.56 bits per heavy atom. The second-order valence-corrected chi connectivity index (χ2v) is 8.92. The van der Waals surface area contributed by atoms with Crippen LogP contribution in [0.1, 0.15) is 45.1 Å². The van der Waals surface area contributed by atoms with Gasteiger partial charge in [0.1, 0.15) is 5.75 Å². The predicted octanol–water partition coefficient (Wildman–Crippen LogP) is 7.09. The molecule has 36 heavy (non-hydrogen) atoms. The maximum Gasteiger partial charge on any atom is 3.00 e. The molecule has 0 saturated carbocycles. The number of aryl methyl sites for hydroxylation is 1. The molecule has 3 aromatic carbocycles. The van der Waals surface area contributed by atoms with E-state index in [9.17, 15) is 0 Å². The molecule has 3 heterocycles. The fourth-order valence-corrected chi connectivity index (χ4v) is 4.31. The van der Waals surface area contributed by atoms with Gasteiger partial charge in [0.25, 0.3) is 0 Å². The summed E-state index contributed by atoms with van der Waals surface area (Å²) in [6.07, 6.45) is 7.62. The van der Waals surface area contributed by atoms with Crippen molar-refractivity contribution in [2.45, 2.75) is 46.1 Å². The van der Waals surface area contributed by atoms with Gasteiger partial charge in [-0.15, -0.1) is 41.5 Å². The number of nitrogens with zero attached hydrogens (tertiary/aromatic N) is 3. The summed E-state index contributed by atoms with van der Waals surface area (Å²) in [6.45, 7) is 7.57. The zero-order chi connectivity index (χ0) is 24.2. The van der Waals surface area contributed by atoms with Crippen LogP contribution in [0.4, 0.5) is 0 Å². The summed E-state index contributed by atoms with van der Waals surface area (Å²) in [7, 11) is 0. The molecule has 5 aromatic rings. The number of rotatable bonds is 5. The summed E-state index contributed by atoms with van der Waals surface area (Å²) >= 11 is 0. The molecule has 0 radical (unpaired) electrons. The molecule has 0 spiro atoms. The molecule has 182 valence electrons. The molecular weight excluding hydrogens is 623 g/mol. The number of unbranched alkanes of at least 4 members (excludes halogenated alkanes) is 1. The zero-order valence-electron chi connectivity index (χ0n) is 20.8. The van der Waals surface area contributed by atoms with Gasteiger partial charge in [0.05, 0.1) is 17.6 Å². The molecule has 5 heteroatoms. The van der Waals surface area contributed by atoms with E-state index in [1.54, 1.807) is 6.20 Å². The Morgan fingerprint density at radius 1 is 0.972 bits per heavy atom. The zero-order valence-corrected chi connectivity index (χ0v) is 23.2. The van der Waals surface area contributed by atoms with Gasteiger partial charge in [-0.3, -0.25) is 0 Å². The van der Waals surface area contributed by atoms with Crippen molar-refractivity contribution in [3.05, 3.63) is 103 Å². The Balaban J connectivity index is 0.000000198. The first-order valence-corrected chi connectivity index (χ1v) is 12.2. The van der Waals surface area contributed by atoms with Gasteiger partial charge < -0.3 is 18.9 Å². The van der Waals surface area contributed by atoms with Gasteiger partial charge in [-0.25, -0.2) is 0 Å². The summed E-state index contributed by atoms with van der Waals surface area (Å²) in [5.41, 5.74) is 6.45. The average Bonchev–Trinajstić information content (AvgIpc) is 3.29. The van der Waals surface area contributed by atoms with Crippen LogP contribution in [-0.4, -0.2) is 9.55 Å². The fraction of sp³-hybridized carbons (Fsp3) is 0.226. The molecule has 0 atom stereocenters. The van der Waals surface area contributed by atoms with E-state index in [2.05, 4.69) is 71.5 Å². The number of ether oxygens (including phenoxy) is 1. The van der Waals surface area contributed by atoms with Crippen LogP contribution in [0, 0.1) is 18.5 Å². The van der Waals surface area contributed by atoms with Gasteiger partial charge in [0, 0.05) is 11.9 Å². The molecule has 0 aliphatic carbocycles. The monoisotopic (exact) mass is 652 g/mol. The molecule has 2 aromatic heterocycles. The maximum absolute atomic E-state index is 6.27.